The van der Waals surface area contributed by atoms with E-state index >= 15 is 0 Å². The van der Waals surface area contributed by atoms with E-state index in [1.807, 2.05) is 41.3 Å². The van der Waals surface area contributed by atoms with Gasteiger partial charge in [0.15, 0.2) is 0 Å². The normalized spacial score (nSPS) is 13.3. The second-order valence-corrected chi connectivity index (χ2v) is 10.3. The molecule has 1 N–H and O–H groups in total. The fourth-order valence-corrected chi connectivity index (χ4v) is 6.62. The lowest BCUT2D eigenvalue weighted by Crippen LogP contribution is -2.33. The van der Waals surface area contributed by atoms with Crippen LogP contribution >= 0.6 is 38.6 Å². The van der Waals surface area contributed by atoms with E-state index < -0.39 is 0 Å². The molecule has 5 rings (SSSR count). The van der Waals surface area contributed by atoms with Gasteiger partial charge in [0.2, 0.25) is 5.91 Å². The topological polar surface area (TPSA) is 62.3 Å². The predicted octanol–water partition coefficient (Wildman–Crippen LogP) is 5.94. The van der Waals surface area contributed by atoms with Gasteiger partial charge in [-0.25, -0.2) is 4.98 Å². The Morgan fingerprint density at radius 1 is 1.10 bits per heavy atom. The number of carbonyl (C=O) groups is 2. The van der Waals surface area contributed by atoms with Gasteiger partial charge in [0, 0.05) is 28.4 Å². The number of carbonyl (C=O) groups excluding carboxylic acids is 2. The van der Waals surface area contributed by atoms with Crippen molar-refractivity contribution in [1.82, 2.24) is 9.88 Å². The Morgan fingerprint density at radius 3 is 2.65 bits per heavy atom. The minimum absolute atomic E-state index is 0.0689. The molecule has 2 aromatic carbocycles. The van der Waals surface area contributed by atoms with Crippen molar-refractivity contribution in [1.29, 1.82) is 0 Å². The summed E-state index contributed by atoms with van der Waals surface area (Å²) >= 11 is 6.64. The molecule has 0 saturated carbocycles. The smallest absolute Gasteiger partial charge is 0.257 e. The van der Waals surface area contributed by atoms with Crippen molar-refractivity contribution in [3.05, 3.63) is 69.0 Å². The van der Waals surface area contributed by atoms with Gasteiger partial charge in [0.25, 0.3) is 5.91 Å². The average Bonchev–Trinajstić information content (AvgIpc) is 3.33. The molecular formula is C23H18BrN3O2S2. The van der Waals surface area contributed by atoms with Crippen LogP contribution in [0.4, 0.5) is 5.00 Å². The van der Waals surface area contributed by atoms with E-state index in [0.29, 0.717) is 18.7 Å². The number of hydrogen-bond acceptors (Lipinski definition) is 5. The molecule has 0 fully saturated rings. The molecule has 0 atom stereocenters. The number of thiazole rings is 1. The second kappa shape index (κ2) is 8.18. The summed E-state index contributed by atoms with van der Waals surface area (Å²) in [7, 11) is 0. The number of anilines is 1. The van der Waals surface area contributed by atoms with Crippen LogP contribution in [0, 0.1) is 0 Å². The van der Waals surface area contributed by atoms with Gasteiger partial charge in [-0.2, -0.15) is 0 Å². The SMILES string of the molecule is CC(=O)N1CCc2c(sc(NC(=O)c3ccccc3Br)c2-c2nc3ccccc3s2)C1. The first-order valence-corrected chi connectivity index (χ1v) is 12.3. The van der Waals surface area contributed by atoms with Crippen LogP contribution in [-0.4, -0.2) is 28.2 Å². The zero-order chi connectivity index (χ0) is 21.5. The van der Waals surface area contributed by atoms with Crippen molar-refractivity contribution in [2.24, 2.45) is 0 Å². The fraction of sp³-hybridized carbons (Fsp3) is 0.174. The second-order valence-electron chi connectivity index (χ2n) is 7.32. The van der Waals surface area contributed by atoms with Crippen molar-refractivity contribution in [2.45, 2.75) is 19.9 Å². The highest BCUT2D eigenvalue weighted by atomic mass is 79.9. The molecule has 2 amide bonds. The third-order valence-corrected chi connectivity index (χ3v) is 8.23. The molecule has 31 heavy (non-hydrogen) atoms. The van der Waals surface area contributed by atoms with Crippen LogP contribution in [-0.2, 0) is 17.8 Å². The van der Waals surface area contributed by atoms with Crippen molar-refractivity contribution in [3.8, 4) is 10.6 Å². The standard InChI is InChI=1S/C23H18BrN3O2S2/c1-13(28)27-11-10-15-19(12-27)31-23(26-21(29)14-6-2-3-7-16(14)24)20(15)22-25-17-8-4-5-9-18(17)30-22/h2-9H,10-12H2,1H3,(H,26,29). The highest BCUT2D eigenvalue weighted by Crippen LogP contribution is 2.45. The van der Waals surface area contributed by atoms with Crippen LogP contribution in [0.3, 0.4) is 0 Å². The molecule has 5 nitrogen and oxygen atoms in total. The molecule has 0 unspecified atom stereocenters. The van der Waals surface area contributed by atoms with Gasteiger partial charge in [0.05, 0.1) is 22.3 Å². The number of benzene rings is 2. The molecular weight excluding hydrogens is 494 g/mol. The summed E-state index contributed by atoms with van der Waals surface area (Å²) in [4.78, 5) is 32.8. The van der Waals surface area contributed by atoms with E-state index in [4.69, 9.17) is 4.98 Å². The van der Waals surface area contributed by atoms with Gasteiger partial charge in [-0.3, -0.25) is 9.59 Å². The van der Waals surface area contributed by atoms with Crippen molar-refractivity contribution < 1.29 is 9.59 Å². The molecule has 1 aliphatic rings. The molecule has 0 bridgehead atoms. The number of nitrogens with zero attached hydrogens (tertiary/aromatic N) is 2. The molecule has 0 aliphatic carbocycles. The quantitative estimate of drug-likeness (QED) is 0.369. The summed E-state index contributed by atoms with van der Waals surface area (Å²) in [6.45, 7) is 2.84. The lowest BCUT2D eigenvalue weighted by atomic mass is 10.0. The molecule has 0 spiro atoms. The number of aromatic nitrogens is 1. The minimum atomic E-state index is -0.170. The molecule has 8 heteroatoms. The van der Waals surface area contributed by atoms with Crippen molar-refractivity contribution in [2.75, 3.05) is 11.9 Å². The average molecular weight is 512 g/mol. The van der Waals surface area contributed by atoms with E-state index in [1.54, 1.807) is 35.7 Å². The summed E-state index contributed by atoms with van der Waals surface area (Å²) in [6, 6.07) is 15.4. The maximum atomic E-state index is 13.1. The summed E-state index contributed by atoms with van der Waals surface area (Å²) in [6.07, 6.45) is 0.752. The molecule has 3 heterocycles. The first kappa shape index (κ1) is 20.4. The summed E-state index contributed by atoms with van der Waals surface area (Å²) < 4.78 is 1.86. The summed E-state index contributed by atoms with van der Waals surface area (Å²) in [5.41, 5.74) is 3.70. The molecule has 2 aromatic heterocycles. The third-order valence-electron chi connectivity index (χ3n) is 5.36. The van der Waals surface area contributed by atoms with Gasteiger partial charge >= 0.3 is 0 Å². The summed E-state index contributed by atoms with van der Waals surface area (Å²) in [5, 5.41) is 4.81. The molecule has 156 valence electrons. The third kappa shape index (κ3) is 3.79. The Hall–Kier alpha value is -2.55. The fourth-order valence-electron chi connectivity index (χ4n) is 3.78. The van der Waals surface area contributed by atoms with Gasteiger partial charge < -0.3 is 10.2 Å². The number of para-hydroxylation sites is 1. The molecule has 4 aromatic rings. The highest BCUT2D eigenvalue weighted by Gasteiger charge is 2.28. The number of nitrogens with one attached hydrogen (secondary N) is 1. The van der Waals surface area contributed by atoms with Crippen LogP contribution in [0.1, 0.15) is 27.7 Å². The Bertz CT molecular complexity index is 1290. The maximum absolute atomic E-state index is 13.1. The lowest BCUT2D eigenvalue weighted by Gasteiger charge is -2.26. The number of amides is 2. The van der Waals surface area contributed by atoms with Gasteiger partial charge in [-0.05, 0) is 52.2 Å². The number of hydrogen-bond donors (Lipinski definition) is 1. The van der Waals surface area contributed by atoms with E-state index in [9.17, 15) is 9.59 Å². The van der Waals surface area contributed by atoms with Crippen LogP contribution in [0.25, 0.3) is 20.8 Å². The lowest BCUT2D eigenvalue weighted by molar-refractivity contribution is -0.129. The van der Waals surface area contributed by atoms with Gasteiger partial charge in [-0.15, -0.1) is 22.7 Å². The molecule has 0 saturated heterocycles. The first-order chi connectivity index (χ1) is 15.0. The van der Waals surface area contributed by atoms with Crippen molar-refractivity contribution >= 4 is 65.6 Å². The number of rotatable bonds is 3. The summed E-state index contributed by atoms with van der Waals surface area (Å²) in [5.74, 6) is -0.101. The van der Waals surface area contributed by atoms with Crippen LogP contribution < -0.4 is 5.32 Å². The number of fused-ring (bicyclic) bond motifs is 2. The highest BCUT2D eigenvalue weighted by molar-refractivity contribution is 9.10. The Balaban J connectivity index is 1.60. The molecule has 1 aliphatic heterocycles. The van der Waals surface area contributed by atoms with Crippen molar-refractivity contribution in [3.63, 3.8) is 0 Å². The predicted molar refractivity (Wildman–Crippen MR) is 130 cm³/mol. The number of halogens is 1. The number of thiophene rings is 1. The van der Waals surface area contributed by atoms with E-state index in [-0.39, 0.29) is 11.8 Å². The van der Waals surface area contributed by atoms with Gasteiger partial charge in [-0.1, -0.05) is 24.3 Å². The van der Waals surface area contributed by atoms with Crippen LogP contribution in [0.15, 0.2) is 53.0 Å². The zero-order valence-electron chi connectivity index (χ0n) is 16.6. The van der Waals surface area contributed by atoms with E-state index in [2.05, 4.69) is 27.3 Å². The van der Waals surface area contributed by atoms with E-state index in [0.717, 1.165) is 41.6 Å². The van der Waals surface area contributed by atoms with Gasteiger partial charge in [0.1, 0.15) is 10.0 Å². The Kier molecular flexibility index (Phi) is 5.37. The minimum Gasteiger partial charge on any atom is -0.337 e. The Labute approximate surface area is 195 Å². The first-order valence-electron chi connectivity index (χ1n) is 9.83. The molecule has 0 radical (unpaired) electrons. The van der Waals surface area contributed by atoms with Crippen LogP contribution in [0.2, 0.25) is 0 Å². The maximum Gasteiger partial charge on any atom is 0.257 e. The zero-order valence-corrected chi connectivity index (χ0v) is 19.9. The monoisotopic (exact) mass is 511 g/mol. The Morgan fingerprint density at radius 2 is 1.87 bits per heavy atom. The largest absolute Gasteiger partial charge is 0.337 e. The van der Waals surface area contributed by atoms with Crippen LogP contribution in [0.5, 0.6) is 0 Å². The van der Waals surface area contributed by atoms with E-state index in [1.165, 1.54) is 5.56 Å².